The minimum absolute atomic E-state index is 0.688. The van der Waals surface area contributed by atoms with Crippen molar-refractivity contribution in [3.8, 4) is 17.5 Å². The summed E-state index contributed by atoms with van der Waals surface area (Å²) in [4.78, 5) is 7.18. The van der Waals surface area contributed by atoms with Gasteiger partial charge in [-0.1, -0.05) is 0 Å². The molecular formula is C20H24N4O2. The van der Waals surface area contributed by atoms with Crippen LogP contribution in [0.3, 0.4) is 0 Å². The van der Waals surface area contributed by atoms with Gasteiger partial charge in [0.1, 0.15) is 17.6 Å². The Morgan fingerprint density at radius 1 is 1.19 bits per heavy atom. The SMILES string of the molecule is N#Cc1c(NCCN2CCOCC2)nc(-c2ccco2)c2c1CCCC2. The number of ether oxygens (including phenoxy) is 1. The highest BCUT2D eigenvalue weighted by molar-refractivity contribution is 5.69. The van der Waals surface area contributed by atoms with Crippen molar-refractivity contribution in [2.45, 2.75) is 25.7 Å². The fourth-order valence-corrected chi connectivity index (χ4v) is 3.84. The molecule has 0 aromatic carbocycles. The van der Waals surface area contributed by atoms with Gasteiger partial charge in [0, 0.05) is 26.2 Å². The summed E-state index contributed by atoms with van der Waals surface area (Å²) in [6, 6.07) is 6.23. The van der Waals surface area contributed by atoms with Crippen LogP contribution in [0.1, 0.15) is 29.5 Å². The van der Waals surface area contributed by atoms with E-state index in [0.717, 1.165) is 82.1 Å². The van der Waals surface area contributed by atoms with Crippen LogP contribution in [0.15, 0.2) is 22.8 Å². The molecule has 1 fully saturated rings. The van der Waals surface area contributed by atoms with Gasteiger partial charge in [0.2, 0.25) is 0 Å². The Morgan fingerprint density at radius 2 is 2.00 bits per heavy atom. The first kappa shape index (κ1) is 17.1. The lowest BCUT2D eigenvalue weighted by Gasteiger charge is -2.27. The zero-order valence-corrected chi connectivity index (χ0v) is 15.0. The average Bonchev–Trinajstić information content (AvgIpc) is 3.23. The molecule has 0 spiro atoms. The summed E-state index contributed by atoms with van der Waals surface area (Å²) in [5.41, 5.74) is 3.92. The Morgan fingerprint density at radius 3 is 2.73 bits per heavy atom. The first-order valence-electron chi connectivity index (χ1n) is 9.40. The molecule has 6 nitrogen and oxygen atoms in total. The van der Waals surface area contributed by atoms with Crippen LogP contribution in [-0.2, 0) is 17.6 Å². The molecule has 2 aromatic rings. The van der Waals surface area contributed by atoms with Crippen LogP contribution < -0.4 is 5.32 Å². The van der Waals surface area contributed by atoms with Crippen LogP contribution in [0.4, 0.5) is 5.82 Å². The summed E-state index contributed by atoms with van der Waals surface area (Å²) in [6.07, 6.45) is 5.83. The number of aromatic nitrogens is 1. The monoisotopic (exact) mass is 352 g/mol. The van der Waals surface area contributed by atoms with Gasteiger partial charge in [0.25, 0.3) is 0 Å². The molecule has 2 aromatic heterocycles. The number of pyridine rings is 1. The van der Waals surface area contributed by atoms with Gasteiger partial charge < -0.3 is 14.5 Å². The first-order chi connectivity index (χ1) is 12.9. The van der Waals surface area contributed by atoms with Crippen molar-refractivity contribution in [3.05, 3.63) is 35.1 Å². The maximum absolute atomic E-state index is 9.76. The average molecular weight is 352 g/mol. The second kappa shape index (κ2) is 7.90. The highest BCUT2D eigenvalue weighted by atomic mass is 16.5. The van der Waals surface area contributed by atoms with Gasteiger partial charge in [-0.2, -0.15) is 5.26 Å². The van der Waals surface area contributed by atoms with Crippen molar-refractivity contribution >= 4 is 5.82 Å². The van der Waals surface area contributed by atoms with Gasteiger partial charge in [0.15, 0.2) is 5.76 Å². The third-order valence-corrected chi connectivity index (χ3v) is 5.21. The molecule has 0 atom stereocenters. The third kappa shape index (κ3) is 3.46. The number of fused-ring (bicyclic) bond motifs is 1. The van der Waals surface area contributed by atoms with Gasteiger partial charge >= 0.3 is 0 Å². The number of nitrogens with one attached hydrogen (secondary N) is 1. The molecule has 0 unspecified atom stereocenters. The highest BCUT2D eigenvalue weighted by Gasteiger charge is 2.24. The van der Waals surface area contributed by atoms with E-state index in [2.05, 4.69) is 16.3 Å². The quantitative estimate of drug-likeness (QED) is 0.892. The van der Waals surface area contributed by atoms with E-state index in [0.29, 0.717) is 11.4 Å². The molecule has 0 amide bonds. The number of nitriles is 1. The number of nitrogens with zero attached hydrogens (tertiary/aromatic N) is 3. The summed E-state index contributed by atoms with van der Waals surface area (Å²) >= 11 is 0. The van der Waals surface area contributed by atoms with E-state index in [4.69, 9.17) is 14.1 Å². The van der Waals surface area contributed by atoms with Crippen LogP contribution in [0, 0.1) is 11.3 Å². The number of morpholine rings is 1. The van der Waals surface area contributed by atoms with Gasteiger partial charge in [0.05, 0.1) is 25.0 Å². The van der Waals surface area contributed by atoms with Crippen molar-refractivity contribution in [1.82, 2.24) is 9.88 Å². The maximum Gasteiger partial charge on any atom is 0.152 e. The summed E-state index contributed by atoms with van der Waals surface area (Å²) < 4.78 is 11.0. The van der Waals surface area contributed by atoms with E-state index in [1.165, 1.54) is 5.56 Å². The van der Waals surface area contributed by atoms with E-state index < -0.39 is 0 Å². The number of anilines is 1. The Bertz CT molecular complexity index is 789. The van der Waals surface area contributed by atoms with Crippen LogP contribution in [-0.4, -0.2) is 49.3 Å². The Kier molecular flexibility index (Phi) is 5.19. The number of hydrogen-bond donors (Lipinski definition) is 1. The first-order valence-corrected chi connectivity index (χ1v) is 9.40. The van der Waals surface area contributed by atoms with Crippen molar-refractivity contribution in [2.24, 2.45) is 0 Å². The smallest absolute Gasteiger partial charge is 0.152 e. The molecule has 6 heteroatoms. The molecule has 136 valence electrons. The lowest BCUT2D eigenvalue weighted by molar-refractivity contribution is 0.0398. The normalized spacial score (nSPS) is 17.5. The minimum atomic E-state index is 0.688. The summed E-state index contributed by atoms with van der Waals surface area (Å²) in [5.74, 6) is 1.47. The lowest BCUT2D eigenvalue weighted by atomic mass is 9.87. The van der Waals surface area contributed by atoms with E-state index in [1.54, 1.807) is 6.26 Å². The molecule has 0 radical (unpaired) electrons. The summed E-state index contributed by atoms with van der Waals surface area (Å²) in [5, 5.41) is 13.2. The zero-order chi connectivity index (χ0) is 17.8. The summed E-state index contributed by atoms with van der Waals surface area (Å²) in [6.45, 7) is 5.19. The van der Waals surface area contributed by atoms with Gasteiger partial charge in [-0.25, -0.2) is 4.98 Å². The van der Waals surface area contributed by atoms with Crippen LogP contribution >= 0.6 is 0 Å². The molecule has 1 saturated heterocycles. The van der Waals surface area contributed by atoms with E-state index in [1.807, 2.05) is 12.1 Å². The van der Waals surface area contributed by atoms with E-state index in [9.17, 15) is 5.26 Å². The molecule has 3 heterocycles. The second-order valence-corrected chi connectivity index (χ2v) is 6.82. The molecule has 4 rings (SSSR count). The van der Waals surface area contributed by atoms with Gasteiger partial charge in [-0.15, -0.1) is 0 Å². The molecule has 1 N–H and O–H groups in total. The molecule has 26 heavy (non-hydrogen) atoms. The van der Waals surface area contributed by atoms with Crippen molar-refractivity contribution in [3.63, 3.8) is 0 Å². The minimum Gasteiger partial charge on any atom is -0.463 e. The Labute approximate surface area is 153 Å². The third-order valence-electron chi connectivity index (χ3n) is 5.21. The predicted molar refractivity (Wildman–Crippen MR) is 99.0 cm³/mol. The Hall–Kier alpha value is -2.36. The largest absolute Gasteiger partial charge is 0.463 e. The lowest BCUT2D eigenvalue weighted by Crippen LogP contribution is -2.39. The number of furan rings is 1. The fourth-order valence-electron chi connectivity index (χ4n) is 3.84. The van der Waals surface area contributed by atoms with Crippen LogP contribution in [0.5, 0.6) is 0 Å². The summed E-state index contributed by atoms with van der Waals surface area (Å²) in [7, 11) is 0. The number of rotatable bonds is 5. The van der Waals surface area contributed by atoms with Crippen LogP contribution in [0.2, 0.25) is 0 Å². The van der Waals surface area contributed by atoms with Gasteiger partial charge in [-0.3, -0.25) is 4.90 Å². The molecule has 1 aliphatic heterocycles. The molecule has 0 bridgehead atoms. The number of hydrogen-bond acceptors (Lipinski definition) is 6. The van der Waals surface area contributed by atoms with Crippen molar-refractivity contribution < 1.29 is 9.15 Å². The van der Waals surface area contributed by atoms with Crippen LogP contribution in [0.25, 0.3) is 11.5 Å². The van der Waals surface area contributed by atoms with Crippen molar-refractivity contribution in [1.29, 1.82) is 5.26 Å². The molecule has 1 aliphatic carbocycles. The zero-order valence-electron chi connectivity index (χ0n) is 15.0. The molecule has 2 aliphatic rings. The molecule has 0 saturated carbocycles. The maximum atomic E-state index is 9.76. The van der Waals surface area contributed by atoms with E-state index >= 15 is 0 Å². The predicted octanol–water partition coefficient (Wildman–Crippen LogP) is 2.84. The van der Waals surface area contributed by atoms with Crippen molar-refractivity contribution in [2.75, 3.05) is 44.7 Å². The second-order valence-electron chi connectivity index (χ2n) is 6.82. The highest BCUT2D eigenvalue weighted by Crippen LogP contribution is 2.35. The Balaban J connectivity index is 1.60. The van der Waals surface area contributed by atoms with E-state index in [-0.39, 0.29) is 0 Å². The topological polar surface area (TPSA) is 74.3 Å². The fraction of sp³-hybridized carbons (Fsp3) is 0.500. The standard InChI is InChI=1S/C20H24N4O2/c21-14-17-15-4-1-2-5-16(15)19(18-6-3-11-26-18)23-20(17)22-7-8-24-9-12-25-13-10-24/h3,6,11H,1-2,4-5,7-10,12-13H2,(H,22,23). The van der Waals surface area contributed by atoms with Gasteiger partial charge in [-0.05, 0) is 48.9 Å². The molecular weight excluding hydrogens is 328 g/mol.